The molecular weight excluding hydrogens is 306 g/mol. The predicted octanol–water partition coefficient (Wildman–Crippen LogP) is 3.11. The van der Waals surface area contributed by atoms with Gasteiger partial charge in [0.25, 0.3) is 0 Å². The summed E-state index contributed by atoms with van der Waals surface area (Å²) in [6.07, 6.45) is 1.92. The summed E-state index contributed by atoms with van der Waals surface area (Å²) in [7, 11) is 1.63. The van der Waals surface area contributed by atoms with E-state index in [1.54, 1.807) is 7.11 Å². The molecule has 0 unspecified atom stereocenters. The summed E-state index contributed by atoms with van der Waals surface area (Å²) in [5.74, 6) is 2.14. The van der Waals surface area contributed by atoms with Gasteiger partial charge in [0.05, 0.1) is 13.0 Å². The van der Waals surface area contributed by atoms with Crippen LogP contribution in [-0.4, -0.2) is 41.2 Å². The highest BCUT2D eigenvalue weighted by Crippen LogP contribution is 2.30. The molecule has 24 heavy (non-hydrogen) atoms. The highest BCUT2D eigenvalue weighted by Gasteiger charge is 2.29. The van der Waals surface area contributed by atoms with Crippen LogP contribution in [0.4, 0.5) is 0 Å². The summed E-state index contributed by atoms with van der Waals surface area (Å²) in [5, 5.41) is 8.38. The van der Waals surface area contributed by atoms with E-state index in [1.165, 1.54) is 0 Å². The maximum Gasteiger partial charge on any atom is 0.247 e. The van der Waals surface area contributed by atoms with E-state index in [9.17, 15) is 4.79 Å². The lowest BCUT2D eigenvalue weighted by Gasteiger charge is -2.32. The van der Waals surface area contributed by atoms with Crippen molar-refractivity contribution < 1.29 is 13.9 Å². The summed E-state index contributed by atoms with van der Waals surface area (Å²) >= 11 is 0. The van der Waals surface area contributed by atoms with Crippen LogP contribution in [0.1, 0.15) is 38.5 Å². The maximum absolute atomic E-state index is 12.2. The number of methoxy groups -OCH3 is 1. The smallest absolute Gasteiger partial charge is 0.247 e. The molecule has 3 rings (SSSR count). The molecule has 1 fully saturated rings. The minimum Gasteiger partial charge on any atom is -0.497 e. The van der Waals surface area contributed by atoms with E-state index >= 15 is 0 Å². The van der Waals surface area contributed by atoms with Crippen LogP contribution >= 0.6 is 0 Å². The van der Waals surface area contributed by atoms with Crippen molar-refractivity contribution in [3.63, 3.8) is 0 Å². The second-order valence-corrected chi connectivity index (χ2v) is 6.46. The van der Waals surface area contributed by atoms with Crippen LogP contribution in [0.5, 0.6) is 5.75 Å². The number of hydrogen-bond acceptors (Lipinski definition) is 5. The normalized spacial score (nSPS) is 18.0. The van der Waals surface area contributed by atoms with Crippen LogP contribution in [0.2, 0.25) is 0 Å². The Labute approximate surface area is 141 Å². The van der Waals surface area contributed by atoms with Crippen molar-refractivity contribution in [2.75, 3.05) is 20.2 Å². The van der Waals surface area contributed by atoms with Gasteiger partial charge in [0.2, 0.25) is 17.7 Å². The fraction of sp³-hybridized carbons (Fsp3) is 0.500. The molecule has 0 N–H and O–H groups in total. The third-order valence-corrected chi connectivity index (χ3v) is 4.33. The van der Waals surface area contributed by atoms with Crippen LogP contribution in [0, 0.1) is 5.92 Å². The molecule has 6 nitrogen and oxygen atoms in total. The predicted molar refractivity (Wildman–Crippen MR) is 89.7 cm³/mol. The molecule has 2 aromatic rings. The van der Waals surface area contributed by atoms with Crippen molar-refractivity contribution in [1.82, 2.24) is 15.1 Å². The van der Waals surface area contributed by atoms with Gasteiger partial charge in [-0.15, -0.1) is 10.2 Å². The number of amides is 1. The highest BCUT2D eigenvalue weighted by atomic mass is 16.5. The Morgan fingerprint density at radius 1 is 1.38 bits per heavy atom. The third kappa shape index (κ3) is 3.42. The molecule has 1 amide bonds. The Morgan fingerprint density at radius 2 is 2.21 bits per heavy atom. The second kappa shape index (κ2) is 7.03. The lowest BCUT2D eigenvalue weighted by atomic mass is 9.97. The number of aromatic nitrogens is 2. The molecule has 1 aliphatic rings. The first-order chi connectivity index (χ1) is 11.6. The van der Waals surface area contributed by atoms with E-state index in [0.29, 0.717) is 18.3 Å². The summed E-state index contributed by atoms with van der Waals surface area (Å²) in [4.78, 5) is 14.1. The van der Waals surface area contributed by atoms with E-state index in [2.05, 4.69) is 10.2 Å². The Morgan fingerprint density at radius 3 is 2.96 bits per heavy atom. The van der Waals surface area contributed by atoms with Crippen molar-refractivity contribution in [3.05, 3.63) is 30.2 Å². The molecule has 1 aliphatic heterocycles. The van der Waals surface area contributed by atoms with Gasteiger partial charge in [-0.3, -0.25) is 4.79 Å². The van der Waals surface area contributed by atoms with Gasteiger partial charge in [-0.2, -0.15) is 0 Å². The third-order valence-electron chi connectivity index (χ3n) is 4.33. The molecule has 2 heterocycles. The van der Waals surface area contributed by atoms with Crippen molar-refractivity contribution in [3.8, 4) is 17.2 Å². The van der Waals surface area contributed by atoms with Crippen molar-refractivity contribution in [1.29, 1.82) is 0 Å². The molecule has 0 spiro atoms. The molecule has 0 aliphatic carbocycles. The Balaban J connectivity index is 1.76. The molecule has 1 aromatic carbocycles. The number of rotatable bonds is 4. The number of ether oxygens (including phenoxy) is 1. The van der Waals surface area contributed by atoms with Gasteiger partial charge in [0.1, 0.15) is 5.75 Å². The molecular formula is C18H23N3O3. The van der Waals surface area contributed by atoms with Crippen LogP contribution in [-0.2, 0) is 4.79 Å². The van der Waals surface area contributed by atoms with E-state index in [-0.39, 0.29) is 17.7 Å². The number of nitrogens with zero attached hydrogens (tertiary/aromatic N) is 3. The van der Waals surface area contributed by atoms with E-state index in [1.807, 2.05) is 43.0 Å². The fourth-order valence-corrected chi connectivity index (χ4v) is 3.02. The standard InChI is InChI=1S/C18H23N3O3/c1-12(2)18(22)21-9-5-7-14(11-21)17-20-19-16(24-17)13-6-4-8-15(10-13)23-3/h4,6,8,10,12,14H,5,7,9,11H2,1-3H3/t14-/m0/s1. The van der Waals surface area contributed by atoms with Gasteiger partial charge in [0.15, 0.2) is 0 Å². The lowest BCUT2D eigenvalue weighted by molar-refractivity contribution is -0.135. The van der Waals surface area contributed by atoms with Crippen LogP contribution in [0.15, 0.2) is 28.7 Å². The van der Waals surface area contributed by atoms with Gasteiger partial charge in [0, 0.05) is 24.6 Å². The van der Waals surface area contributed by atoms with Crippen molar-refractivity contribution >= 4 is 5.91 Å². The van der Waals surface area contributed by atoms with Gasteiger partial charge < -0.3 is 14.1 Å². The molecule has 1 atom stereocenters. The molecule has 1 aromatic heterocycles. The van der Waals surface area contributed by atoms with Crippen LogP contribution in [0.3, 0.4) is 0 Å². The Kier molecular flexibility index (Phi) is 4.83. The largest absolute Gasteiger partial charge is 0.497 e. The molecule has 6 heteroatoms. The first-order valence-electron chi connectivity index (χ1n) is 8.35. The quantitative estimate of drug-likeness (QED) is 0.862. The minimum atomic E-state index is 0.0128. The zero-order chi connectivity index (χ0) is 17.1. The topological polar surface area (TPSA) is 68.5 Å². The highest BCUT2D eigenvalue weighted by molar-refractivity contribution is 5.78. The van der Waals surface area contributed by atoms with Gasteiger partial charge in [-0.05, 0) is 31.0 Å². The minimum absolute atomic E-state index is 0.0128. The first kappa shape index (κ1) is 16.5. The fourth-order valence-electron chi connectivity index (χ4n) is 3.02. The average Bonchev–Trinajstić information content (AvgIpc) is 3.11. The average molecular weight is 329 g/mol. The number of hydrogen-bond donors (Lipinski definition) is 0. The molecule has 128 valence electrons. The van der Waals surface area contributed by atoms with E-state index in [4.69, 9.17) is 9.15 Å². The monoisotopic (exact) mass is 329 g/mol. The SMILES string of the molecule is COc1cccc(-c2nnc([C@H]3CCCN(C(=O)C(C)C)C3)o2)c1. The number of carbonyl (C=O) groups excluding carboxylic acids is 1. The van der Waals surface area contributed by atoms with E-state index in [0.717, 1.165) is 30.7 Å². The summed E-state index contributed by atoms with van der Waals surface area (Å²) < 4.78 is 11.1. The molecule has 0 saturated carbocycles. The summed E-state index contributed by atoms with van der Waals surface area (Å²) in [5.41, 5.74) is 0.832. The first-order valence-corrected chi connectivity index (χ1v) is 8.35. The Hall–Kier alpha value is -2.37. The second-order valence-electron chi connectivity index (χ2n) is 6.46. The number of piperidine rings is 1. The Bertz CT molecular complexity index is 711. The molecule has 0 radical (unpaired) electrons. The van der Waals surface area contributed by atoms with Crippen LogP contribution in [0.25, 0.3) is 11.5 Å². The van der Waals surface area contributed by atoms with Gasteiger partial charge >= 0.3 is 0 Å². The molecule has 0 bridgehead atoms. The number of likely N-dealkylation sites (tertiary alicyclic amines) is 1. The van der Waals surface area contributed by atoms with E-state index < -0.39 is 0 Å². The zero-order valence-electron chi connectivity index (χ0n) is 14.4. The van der Waals surface area contributed by atoms with Gasteiger partial charge in [-0.1, -0.05) is 19.9 Å². The number of carbonyl (C=O) groups is 1. The molecule has 1 saturated heterocycles. The summed E-state index contributed by atoms with van der Waals surface area (Å²) in [6.45, 7) is 5.32. The van der Waals surface area contributed by atoms with Gasteiger partial charge in [-0.25, -0.2) is 0 Å². The maximum atomic E-state index is 12.2. The zero-order valence-corrected chi connectivity index (χ0v) is 14.4. The van der Waals surface area contributed by atoms with Crippen molar-refractivity contribution in [2.45, 2.75) is 32.6 Å². The summed E-state index contributed by atoms with van der Waals surface area (Å²) in [6, 6.07) is 7.54. The lowest BCUT2D eigenvalue weighted by Crippen LogP contribution is -2.41. The van der Waals surface area contributed by atoms with Crippen LogP contribution < -0.4 is 4.74 Å². The number of benzene rings is 1. The van der Waals surface area contributed by atoms with Crippen molar-refractivity contribution in [2.24, 2.45) is 5.92 Å².